The standard InChI is InChI=1S/C24H26F5N3O3S/c1-2-36(34,35)31-22-19(32(13-24(22)6-7-24)23(33)30-12-20(27)28)10-14-4-3-5-18(21(14)29)15-8-16(25)11-17(26)9-15/h3-5,8-9,11,19-20,22,31H,2,6-7,10,12-13H2,1H3,(H,30,33)/t19-,22+/m0/s1. The summed E-state index contributed by atoms with van der Waals surface area (Å²) in [5.74, 6) is -2.74. The van der Waals surface area contributed by atoms with E-state index < -0.39 is 64.0 Å². The summed E-state index contributed by atoms with van der Waals surface area (Å²) in [5, 5.41) is 2.15. The van der Waals surface area contributed by atoms with Crippen molar-refractivity contribution < 1.29 is 35.2 Å². The molecule has 1 aliphatic heterocycles. The van der Waals surface area contributed by atoms with Crippen molar-refractivity contribution in [3.05, 3.63) is 59.4 Å². The number of carbonyl (C=O) groups is 1. The minimum atomic E-state index is -3.71. The van der Waals surface area contributed by atoms with E-state index in [1.807, 2.05) is 0 Å². The van der Waals surface area contributed by atoms with Gasteiger partial charge in [-0.25, -0.2) is 39.9 Å². The molecule has 2 fully saturated rings. The van der Waals surface area contributed by atoms with E-state index in [1.54, 1.807) is 0 Å². The van der Waals surface area contributed by atoms with Gasteiger partial charge in [0.1, 0.15) is 17.5 Å². The molecule has 2 atom stereocenters. The lowest BCUT2D eigenvalue weighted by molar-refractivity contribution is 0.137. The molecule has 1 heterocycles. The molecule has 1 spiro atoms. The van der Waals surface area contributed by atoms with Crippen LogP contribution in [0.5, 0.6) is 0 Å². The highest BCUT2D eigenvalue weighted by atomic mass is 32.2. The quantitative estimate of drug-likeness (QED) is 0.505. The van der Waals surface area contributed by atoms with E-state index in [4.69, 9.17) is 0 Å². The lowest BCUT2D eigenvalue weighted by Gasteiger charge is -2.29. The number of rotatable bonds is 8. The molecule has 2 aromatic carbocycles. The molecule has 6 nitrogen and oxygen atoms in total. The zero-order valence-corrected chi connectivity index (χ0v) is 20.2. The zero-order valence-electron chi connectivity index (χ0n) is 19.4. The summed E-state index contributed by atoms with van der Waals surface area (Å²) in [7, 11) is -3.71. The number of amides is 2. The van der Waals surface area contributed by atoms with Crippen molar-refractivity contribution in [2.24, 2.45) is 5.41 Å². The predicted molar refractivity (Wildman–Crippen MR) is 123 cm³/mol. The molecule has 0 bridgehead atoms. The number of hydrogen-bond donors (Lipinski definition) is 2. The molecule has 1 saturated carbocycles. The molecule has 4 rings (SSSR count). The number of sulfonamides is 1. The van der Waals surface area contributed by atoms with E-state index >= 15 is 4.39 Å². The first-order valence-electron chi connectivity index (χ1n) is 11.5. The Labute approximate surface area is 205 Å². The first kappa shape index (κ1) is 26.3. The van der Waals surface area contributed by atoms with E-state index in [9.17, 15) is 30.8 Å². The van der Waals surface area contributed by atoms with Crippen molar-refractivity contribution in [1.29, 1.82) is 0 Å². The summed E-state index contributed by atoms with van der Waals surface area (Å²) in [6, 6.07) is 4.50. The summed E-state index contributed by atoms with van der Waals surface area (Å²) in [6.07, 6.45) is -1.69. The van der Waals surface area contributed by atoms with Gasteiger partial charge in [0.2, 0.25) is 10.0 Å². The second kappa shape index (κ2) is 9.97. The van der Waals surface area contributed by atoms with Gasteiger partial charge in [-0.05, 0) is 49.4 Å². The number of halogens is 5. The van der Waals surface area contributed by atoms with Crippen LogP contribution in [0.4, 0.5) is 26.7 Å². The molecule has 12 heteroatoms. The van der Waals surface area contributed by atoms with Crippen LogP contribution in [0.25, 0.3) is 11.1 Å². The van der Waals surface area contributed by atoms with Gasteiger partial charge >= 0.3 is 6.03 Å². The Hall–Kier alpha value is -2.73. The third-order valence-electron chi connectivity index (χ3n) is 6.86. The first-order valence-corrected chi connectivity index (χ1v) is 13.2. The Bertz CT molecular complexity index is 1230. The van der Waals surface area contributed by atoms with Crippen LogP contribution in [0.15, 0.2) is 36.4 Å². The smallest absolute Gasteiger partial charge is 0.317 e. The van der Waals surface area contributed by atoms with Crippen LogP contribution in [0, 0.1) is 22.9 Å². The van der Waals surface area contributed by atoms with Gasteiger partial charge < -0.3 is 10.2 Å². The highest BCUT2D eigenvalue weighted by Crippen LogP contribution is 2.55. The molecule has 2 aromatic rings. The van der Waals surface area contributed by atoms with Gasteiger partial charge in [0.15, 0.2) is 0 Å². The molecule has 0 aromatic heterocycles. The fourth-order valence-electron chi connectivity index (χ4n) is 4.86. The Balaban J connectivity index is 1.70. The second-order valence-electron chi connectivity index (χ2n) is 9.27. The lowest BCUT2D eigenvalue weighted by atomic mass is 9.91. The van der Waals surface area contributed by atoms with Crippen LogP contribution in [0.1, 0.15) is 25.3 Å². The van der Waals surface area contributed by atoms with E-state index in [-0.39, 0.29) is 35.4 Å². The SMILES string of the molecule is CCS(=O)(=O)N[C@@H]1[C@H](Cc2cccc(-c3cc(F)cc(F)c3)c2F)N(C(=O)NCC(F)F)CC12CC2. The molecule has 2 aliphatic rings. The van der Waals surface area contributed by atoms with Crippen molar-refractivity contribution in [3.8, 4) is 11.1 Å². The van der Waals surface area contributed by atoms with E-state index in [2.05, 4.69) is 10.0 Å². The van der Waals surface area contributed by atoms with Gasteiger partial charge in [0.05, 0.1) is 18.3 Å². The maximum absolute atomic E-state index is 15.6. The summed E-state index contributed by atoms with van der Waals surface area (Å²) in [5.41, 5.74) is -0.571. The van der Waals surface area contributed by atoms with Crippen molar-refractivity contribution in [2.45, 2.75) is 44.7 Å². The van der Waals surface area contributed by atoms with Crippen molar-refractivity contribution in [3.63, 3.8) is 0 Å². The monoisotopic (exact) mass is 531 g/mol. The molecule has 36 heavy (non-hydrogen) atoms. The molecule has 2 N–H and O–H groups in total. The van der Waals surface area contributed by atoms with Crippen LogP contribution in [-0.2, 0) is 16.4 Å². The van der Waals surface area contributed by atoms with Gasteiger partial charge in [-0.15, -0.1) is 0 Å². The Morgan fingerprint density at radius 2 is 1.81 bits per heavy atom. The first-order chi connectivity index (χ1) is 16.9. The van der Waals surface area contributed by atoms with Crippen LogP contribution in [0.3, 0.4) is 0 Å². The van der Waals surface area contributed by atoms with Crippen molar-refractivity contribution in [2.75, 3.05) is 18.8 Å². The summed E-state index contributed by atoms with van der Waals surface area (Å²) in [4.78, 5) is 14.1. The van der Waals surface area contributed by atoms with Crippen molar-refractivity contribution >= 4 is 16.1 Å². The van der Waals surface area contributed by atoms with Gasteiger partial charge in [0, 0.05) is 29.6 Å². The third kappa shape index (κ3) is 5.49. The van der Waals surface area contributed by atoms with Crippen LogP contribution >= 0.6 is 0 Å². The maximum atomic E-state index is 15.6. The molecule has 1 saturated heterocycles. The Morgan fingerprint density at radius 3 is 2.39 bits per heavy atom. The Kier molecular flexibility index (Phi) is 7.29. The van der Waals surface area contributed by atoms with Gasteiger partial charge in [-0.2, -0.15) is 0 Å². The molecule has 0 unspecified atom stereocenters. The van der Waals surface area contributed by atoms with Crippen LogP contribution < -0.4 is 10.0 Å². The molecule has 0 radical (unpaired) electrons. The number of nitrogens with zero attached hydrogens (tertiary/aromatic N) is 1. The number of nitrogens with one attached hydrogen (secondary N) is 2. The number of carbonyl (C=O) groups excluding carboxylic acids is 1. The van der Waals surface area contributed by atoms with E-state index in [1.165, 1.54) is 30.0 Å². The minimum Gasteiger partial charge on any atom is -0.332 e. The van der Waals surface area contributed by atoms with Gasteiger partial charge in [-0.3, -0.25) is 0 Å². The number of alkyl halides is 2. The van der Waals surface area contributed by atoms with E-state index in [0.29, 0.717) is 18.9 Å². The molecule has 2 amide bonds. The number of urea groups is 1. The second-order valence-corrected chi connectivity index (χ2v) is 11.3. The molecule has 1 aliphatic carbocycles. The maximum Gasteiger partial charge on any atom is 0.317 e. The summed E-state index contributed by atoms with van der Waals surface area (Å²) < 4.78 is 96.1. The third-order valence-corrected chi connectivity index (χ3v) is 8.23. The van der Waals surface area contributed by atoms with Gasteiger partial charge in [-0.1, -0.05) is 18.2 Å². The van der Waals surface area contributed by atoms with E-state index in [0.717, 1.165) is 12.1 Å². The normalized spacial score (nSPS) is 20.8. The Morgan fingerprint density at radius 1 is 1.14 bits per heavy atom. The minimum absolute atomic E-state index is 0.0216. The number of hydrogen-bond acceptors (Lipinski definition) is 3. The van der Waals surface area contributed by atoms with Crippen molar-refractivity contribution in [1.82, 2.24) is 14.9 Å². The number of likely N-dealkylation sites (tertiary alicyclic amines) is 1. The van der Waals surface area contributed by atoms with Crippen LogP contribution in [0.2, 0.25) is 0 Å². The average molecular weight is 532 g/mol. The summed E-state index contributed by atoms with van der Waals surface area (Å²) in [6.45, 7) is 0.704. The molecular formula is C24H26F5N3O3S. The highest BCUT2D eigenvalue weighted by molar-refractivity contribution is 7.89. The predicted octanol–water partition coefficient (Wildman–Crippen LogP) is 4.06. The topological polar surface area (TPSA) is 78.5 Å². The summed E-state index contributed by atoms with van der Waals surface area (Å²) >= 11 is 0. The fraction of sp³-hybridized carbons (Fsp3) is 0.458. The van der Waals surface area contributed by atoms with Gasteiger partial charge in [0.25, 0.3) is 6.43 Å². The number of benzene rings is 2. The van der Waals surface area contributed by atoms with Crippen LogP contribution in [-0.4, -0.2) is 56.7 Å². The molecular weight excluding hydrogens is 505 g/mol. The zero-order chi connectivity index (χ0) is 26.3. The average Bonchev–Trinajstić information content (AvgIpc) is 3.53. The molecule has 196 valence electrons. The largest absolute Gasteiger partial charge is 0.332 e. The highest BCUT2D eigenvalue weighted by Gasteiger charge is 2.61. The lowest BCUT2D eigenvalue weighted by Crippen LogP contribution is -2.52. The fourth-order valence-corrected chi connectivity index (χ4v) is 5.83.